The summed E-state index contributed by atoms with van der Waals surface area (Å²) in [4.78, 5) is 11.4. The molecule has 0 heterocycles. The highest BCUT2D eigenvalue weighted by Crippen LogP contribution is 2.34. The first kappa shape index (κ1) is 10.5. The zero-order valence-electron chi connectivity index (χ0n) is 8.66. The van der Waals surface area contributed by atoms with Crippen LogP contribution >= 0.6 is 11.6 Å². The Labute approximate surface area is 94.6 Å². The molecule has 15 heavy (non-hydrogen) atoms. The van der Waals surface area contributed by atoms with Crippen LogP contribution in [0, 0.1) is 0 Å². The number of nitrogens with one attached hydrogen (secondary N) is 1. The van der Waals surface area contributed by atoms with Gasteiger partial charge in [-0.1, -0.05) is 31.2 Å². The van der Waals surface area contributed by atoms with Gasteiger partial charge in [0.05, 0.1) is 11.4 Å². The highest BCUT2D eigenvalue weighted by atomic mass is 35.5. The minimum absolute atomic E-state index is 0.0158. The molecule has 2 rings (SSSR count). The van der Waals surface area contributed by atoms with Crippen molar-refractivity contribution in [1.29, 1.82) is 0 Å². The minimum Gasteiger partial charge on any atom is -0.348 e. The maximum Gasteiger partial charge on any atom is 0.220 e. The van der Waals surface area contributed by atoms with Crippen LogP contribution in [0.1, 0.15) is 30.5 Å². The van der Waals surface area contributed by atoms with Gasteiger partial charge < -0.3 is 5.32 Å². The van der Waals surface area contributed by atoms with Crippen molar-refractivity contribution in [2.75, 3.05) is 0 Å². The predicted octanol–water partition coefficient (Wildman–Crippen LogP) is 2.42. The molecule has 0 fully saturated rings. The minimum atomic E-state index is -0.0182. The summed E-state index contributed by atoms with van der Waals surface area (Å²) < 4.78 is 0. The van der Waals surface area contributed by atoms with E-state index in [1.54, 1.807) is 0 Å². The van der Waals surface area contributed by atoms with Gasteiger partial charge >= 0.3 is 0 Å². The molecule has 80 valence electrons. The number of amides is 1. The summed E-state index contributed by atoms with van der Waals surface area (Å²) in [6, 6.07) is 8.09. The van der Waals surface area contributed by atoms with Crippen molar-refractivity contribution in [3.8, 4) is 0 Å². The Balaban J connectivity index is 2.22. The quantitative estimate of drug-likeness (QED) is 0.767. The van der Waals surface area contributed by atoms with E-state index in [-0.39, 0.29) is 17.3 Å². The van der Waals surface area contributed by atoms with Gasteiger partial charge in [-0.25, -0.2) is 0 Å². The average Bonchev–Trinajstić information content (AvgIpc) is 2.55. The molecule has 0 bridgehead atoms. The topological polar surface area (TPSA) is 29.1 Å². The first-order valence-corrected chi connectivity index (χ1v) is 5.67. The Morgan fingerprint density at radius 3 is 3.00 bits per heavy atom. The largest absolute Gasteiger partial charge is 0.348 e. The maximum absolute atomic E-state index is 11.4. The van der Waals surface area contributed by atoms with E-state index in [1.165, 1.54) is 11.1 Å². The summed E-state index contributed by atoms with van der Waals surface area (Å²) in [5.74, 6) is 0.0577. The van der Waals surface area contributed by atoms with Crippen LogP contribution in [0.4, 0.5) is 0 Å². The van der Waals surface area contributed by atoms with E-state index in [0.29, 0.717) is 6.42 Å². The van der Waals surface area contributed by atoms with E-state index < -0.39 is 0 Å². The van der Waals surface area contributed by atoms with E-state index in [4.69, 9.17) is 11.6 Å². The molecule has 2 unspecified atom stereocenters. The molecule has 2 nitrogen and oxygen atoms in total. The van der Waals surface area contributed by atoms with Gasteiger partial charge in [0, 0.05) is 6.42 Å². The van der Waals surface area contributed by atoms with Crippen LogP contribution in [0.5, 0.6) is 0 Å². The zero-order valence-corrected chi connectivity index (χ0v) is 9.42. The lowest BCUT2D eigenvalue weighted by atomic mass is 10.1. The number of hydrogen-bond acceptors (Lipinski definition) is 1. The van der Waals surface area contributed by atoms with Crippen LogP contribution in [-0.4, -0.2) is 11.3 Å². The molecule has 1 amide bonds. The fourth-order valence-electron chi connectivity index (χ4n) is 1.99. The summed E-state index contributed by atoms with van der Waals surface area (Å²) in [6.45, 7) is 1.85. The van der Waals surface area contributed by atoms with Gasteiger partial charge in [-0.2, -0.15) is 0 Å². The maximum atomic E-state index is 11.4. The van der Waals surface area contributed by atoms with E-state index in [1.807, 2.05) is 25.1 Å². The summed E-state index contributed by atoms with van der Waals surface area (Å²) in [6.07, 6.45) is 1.34. The molecule has 0 aromatic heterocycles. The first-order chi connectivity index (χ1) is 7.22. The molecule has 0 radical (unpaired) electrons. The van der Waals surface area contributed by atoms with Crippen LogP contribution in [0.25, 0.3) is 0 Å². The van der Waals surface area contributed by atoms with E-state index >= 15 is 0 Å². The Bertz CT molecular complexity index is 378. The van der Waals surface area contributed by atoms with E-state index in [0.717, 1.165) is 6.42 Å². The standard InChI is InChI=1S/C12H14ClNO/c1-2-11(15)14-12-9-6-4-3-5-8(9)7-10(12)13/h3-6,10,12H,2,7H2,1H3,(H,14,15). The average molecular weight is 224 g/mol. The number of halogens is 1. The third-order valence-electron chi connectivity index (χ3n) is 2.80. The molecule has 0 saturated heterocycles. The van der Waals surface area contributed by atoms with Crippen molar-refractivity contribution >= 4 is 17.5 Å². The van der Waals surface area contributed by atoms with Crippen LogP contribution < -0.4 is 5.32 Å². The lowest BCUT2D eigenvalue weighted by Crippen LogP contribution is -2.31. The molecule has 2 atom stereocenters. The third kappa shape index (κ3) is 2.00. The molecular formula is C12H14ClNO. The van der Waals surface area contributed by atoms with Crippen molar-refractivity contribution in [1.82, 2.24) is 5.32 Å². The summed E-state index contributed by atoms with van der Waals surface area (Å²) in [5.41, 5.74) is 2.42. The molecule has 0 spiro atoms. The van der Waals surface area contributed by atoms with Gasteiger partial charge in [0.2, 0.25) is 5.91 Å². The highest BCUT2D eigenvalue weighted by molar-refractivity contribution is 6.21. The molecule has 1 N–H and O–H groups in total. The van der Waals surface area contributed by atoms with Gasteiger partial charge in [-0.15, -0.1) is 11.6 Å². The smallest absolute Gasteiger partial charge is 0.220 e. The molecule has 1 aliphatic rings. The first-order valence-electron chi connectivity index (χ1n) is 5.23. The Morgan fingerprint density at radius 1 is 1.53 bits per heavy atom. The number of carbonyl (C=O) groups excluding carboxylic acids is 1. The number of fused-ring (bicyclic) bond motifs is 1. The van der Waals surface area contributed by atoms with Crippen LogP contribution in [0.15, 0.2) is 24.3 Å². The van der Waals surface area contributed by atoms with Gasteiger partial charge in [-0.3, -0.25) is 4.79 Å². The number of hydrogen-bond donors (Lipinski definition) is 1. The Morgan fingerprint density at radius 2 is 2.27 bits per heavy atom. The fraction of sp³-hybridized carbons (Fsp3) is 0.417. The SMILES string of the molecule is CCC(=O)NC1c2ccccc2CC1Cl. The summed E-state index contributed by atoms with van der Waals surface area (Å²) >= 11 is 6.23. The summed E-state index contributed by atoms with van der Waals surface area (Å²) in [5, 5.41) is 2.95. The number of alkyl halides is 1. The van der Waals surface area contributed by atoms with Crippen LogP contribution in [0.2, 0.25) is 0 Å². The van der Waals surface area contributed by atoms with E-state index in [9.17, 15) is 4.79 Å². The predicted molar refractivity (Wildman–Crippen MR) is 61.0 cm³/mol. The van der Waals surface area contributed by atoms with Crippen molar-refractivity contribution in [3.63, 3.8) is 0 Å². The molecule has 3 heteroatoms. The number of benzene rings is 1. The van der Waals surface area contributed by atoms with Crippen molar-refractivity contribution in [2.24, 2.45) is 0 Å². The second kappa shape index (κ2) is 4.23. The number of rotatable bonds is 2. The normalized spacial score (nSPS) is 23.6. The second-order valence-electron chi connectivity index (χ2n) is 3.82. The zero-order chi connectivity index (χ0) is 10.8. The molecular weight excluding hydrogens is 210 g/mol. The van der Waals surface area contributed by atoms with Crippen LogP contribution in [-0.2, 0) is 11.2 Å². The fourth-order valence-corrected chi connectivity index (χ4v) is 2.35. The molecule has 1 aliphatic carbocycles. The molecule has 1 aromatic carbocycles. The monoisotopic (exact) mass is 223 g/mol. The lowest BCUT2D eigenvalue weighted by Gasteiger charge is -2.16. The Hall–Kier alpha value is -1.02. The van der Waals surface area contributed by atoms with Crippen molar-refractivity contribution in [3.05, 3.63) is 35.4 Å². The summed E-state index contributed by atoms with van der Waals surface area (Å²) in [7, 11) is 0. The van der Waals surface area contributed by atoms with Gasteiger partial charge in [0.25, 0.3) is 0 Å². The van der Waals surface area contributed by atoms with Gasteiger partial charge in [0.15, 0.2) is 0 Å². The second-order valence-corrected chi connectivity index (χ2v) is 4.38. The molecule has 0 saturated carbocycles. The molecule has 1 aromatic rings. The van der Waals surface area contributed by atoms with Crippen LogP contribution in [0.3, 0.4) is 0 Å². The van der Waals surface area contributed by atoms with Crippen molar-refractivity contribution < 1.29 is 4.79 Å². The Kier molecular flexibility index (Phi) is 2.96. The number of carbonyl (C=O) groups is 1. The van der Waals surface area contributed by atoms with Gasteiger partial charge in [0.1, 0.15) is 0 Å². The van der Waals surface area contributed by atoms with Crippen molar-refractivity contribution in [2.45, 2.75) is 31.2 Å². The molecule has 0 aliphatic heterocycles. The highest BCUT2D eigenvalue weighted by Gasteiger charge is 2.31. The van der Waals surface area contributed by atoms with E-state index in [2.05, 4.69) is 11.4 Å². The third-order valence-corrected chi connectivity index (χ3v) is 3.21. The van der Waals surface area contributed by atoms with Gasteiger partial charge in [-0.05, 0) is 17.5 Å². The lowest BCUT2D eigenvalue weighted by molar-refractivity contribution is -0.121.